The number of aryl methyl sites for hydroxylation is 1. The van der Waals surface area contributed by atoms with Crippen LogP contribution in [-0.2, 0) is 6.42 Å². The van der Waals surface area contributed by atoms with Gasteiger partial charge in [-0.25, -0.2) is 0 Å². The highest BCUT2D eigenvalue weighted by molar-refractivity contribution is 5.40. The van der Waals surface area contributed by atoms with Crippen molar-refractivity contribution < 1.29 is 23.0 Å². The summed E-state index contributed by atoms with van der Waals surface area (Å²) in [6.07, 6.45) is -5.11. The number of para-hydroxylation sites is 1. The quantitative estimate of drug-likeness (QED) is 0.915. The molecule has 2 aromatic carbocycles. The van der Waals surface area contributed by atoms with E-state index in [9.17, 15) is 18.3 Å². The first-order chi connectivity index (χ1) is 9.90. The zero-order valence-corrected chi connectivity index (χ0v) is 11.4. The standard InChI is InChI=1S/C16H15F3O2/c1-2-11-7-9-12(10-8-11)15(20)13-5-3-4-6-14(13)21-16(17,18)19/h3-10,15,20H,2H2,1H3. The number of alkyl halides is 3. The van der Waals surface area contributed by atoms with Gasteiger partial charge in [-0.15, -0.1) is 13.2 Å². The molecule has 0 fully saturated rings. The SMILES string of the molecule is CCc1ccc(C(O)c2ccccc2OC(F)(F)F)cc1. The largest absolute Gasteiger partial charge is 0.573 e. The van der Waals surface area contributed by atoms with Gasteiger partial charge in [0.25, 0.3) is 0 Å². The van der Waals surface area contributed by atoms with E-state index in [1.54, 1.807) is 18.2 Å². The Bertz CT molecular complexity index is 591. The third-order valence-corrected chi connectivity index (χ3v) is 3.14. The van der Waals surface area contributed by atoms with E-state index < -0.39 is 18.2 Å². The summed E-state index contributed by atoms with van der Waals surface area (Å²) in [7, 11) is 0. The van der Waals surface area contributed by atoms with Crippen LogP contribution in [0.4, 0.5) is 13.2 Å². The van der Waals surface area contributed by atoms with Gasteiger partial charge in [-0.2, -0.15) is 0 Å². The molecule has 2 nitrogen and oxygen atoms in total. The van der Waals surface area contributed by atoms with E-state index >= 15 is 0 Å². The summed E-state index contributed by atoms with van der Waals surface area (Å²) in [6, 6.07) is 12.7. The van der Waals surface area contributed by atoms with Crippen molar-refractivity contribution in [3.8, 4) is 5.75 Å². The second kappa shape index (κ2) is 6.18. The second-order valence-corrected chi connectivity index (χ2v) is 4.58. The Morgan fingerprint density at radius 3 is 2.24 bits per heavy atom. The Kier molecular flexibility index (Phi) is 4.53. The molecule has 0 aliphatic rings. The van der Waals surface area contributed by atoms with Crippen LogP contribution < -0.4 is 4.74 Å². The lowest BCUT2D eigenvalue weighted by molar-refractivity contribution is -0.275. The maximum atomic E-state index is 12.4. The van der Waals surface area contributed by atoms with E-state index in [1.807, 2.05) is 19.1 Å². The van der Waals surface area contributed by atoms with Crippen LogP contribution >= 0.6 is 0 Å². The van der Waals surface area contributed by atoms with Gasteiger partial charge in [-0.1, -0.05) is 49.4 Å². The zero-order chi connectivity index (χ0) is 15.5. The average molecular weight is 296 g/mol. The van der Waals surface area contributed by atoms with Crippen LogP contribution in [0.5, 0.6) is 5.75 Å². The monoisotopic (exact) mass is 296 g/mol. The van der Waals surface area contributed by atoms with Crippen LogP contribution in [0.15, 0.2) is 48.5 Å². The molecule has 0 aliphatic carbocycles. The molecule has 0 bridgehead atoms. The number of benzene rings is 2. The van der Waals surface area contributed by atoms with Crippen molar-refractivity contribution in [3.63, 3.8) is 0 Å². The summed E-state index contributed by atoms with van der Waals surface area (Å²) >= 11 is 0. The Hall–Kier alpha value is -2.01. The molecular formula is C16H15F3O2. The molecule has 0 saturated heterocycles. The number of hydrogen-bond acceptors (Lipinski definition) is 2. The fraction of sp³-hybridized carbons (Fsp3) is 0.250. The fourth-order valence-corrected chi connectivity index (χ4v) is 2.04. The van der Waals surface area contributed by atoms with E-state index in [4.69, 9.17) is 0 Å². The summed E-state index contributed by atoms with van der Waals surface area (Å²) < 4.78 is 41.1. The number of aliphatic hydroxyl groups is 1. The summed E-state index contributed by atoms with van der Waals surface area (Å²) in [4.78, 5) is 0. The minimum Gasteiger partial charge on any atom is -0.405 e. The predicted molar refractivity (Wildman–Crippen MR) is 73.0 cm³/mol. The van der Waals surface area contributed by atoms with E-state index in [0.717, 1.165) is 12.0 Å². The highest BCUT2D eigenvalue weighted by Gasteiger charge is 2.32. The van der Waals surface area contributed by atoms with Gasteiger partial charge >= 0.3 is 6.36 Å². The molecule has 1 unspecified atom stereocenters. The molecule has 2 rings (SSSR count). The summed E-state index contributed by atoms with van der Waals surface area (Å²) in [6.45, 7) is 2.00. The van der Waals surface area contributed by atoms with Crippen molar-refractivity contribution in [3.05, 3.63) is 65.2 Å². The third kappa shape index (κ3) is 3.98. The molecular weight excluding hydrogens is 281 g/mol. The van der Waals surface area contributed by atoms with Crippen molar-refractivity contribution in [1.82, 2.24) is 0 Å². The van der Waals surface area contributed by atoms with Gasteiger partial charge < -0.3 is 9.84 Å². The Balaban J connectivity index is 2.31. The van der Waals surface area contributed by atoms with E-state index in [0.29, 0.717) is 5.56 Å². The van der Waals surface area contributed by atoms with Gasteiger partial charge in [0, 0.05) is 5.56 Å². The minimum atomic E-state index is -4.79. The molecule has 0 amide bonds. The molecule has 0 radical (unpaired) electrons. The number of hydrogen-bond donors (Lipinski definition) is 1. The van der Waals surface area contributed by atoms with E-state index in [-0.39, 0.29) is 5.56 Å². The third-order valence-electron chi connectivity index (χ3n) is 3.14. The maximum absolute atomic E-state index is 12.4. The first kappa shape index (κ1) is 15.4. The van der Waals surface area contributed by atoms with Crippen molar-refractivity contribution >= 4 is 0 Å². The van der Waals surface area contributed by atoms with Crippen LogP contribution in [0.2, 0.25) is 0 Å². The molecule has 112 valence electrons. The molecule has 0 heterocycles. The van der Waals surface area contributed by atoms with Crippen LogP contribution in [-0.4, -0.2) is 11.5 Å². The van der Waals surface area contributed by atoms with Gasteiger partial charge in [0.1, 0.15) is 11.9 Å². The highest BCUT2D eigenvalue weighted by Crippen LogP contribution is 2.33. The fourth-order valence-electron chi connectivity index (χ4n) is 2.04. The van der Waals surface area contributed by atoms with Crippen LogP contribution in [0.1, 0.15) is 29.7 Å². The van der Waals surface area contributed by atoms with Crippen molar-refractivity contribution in [1.29, 1.82) is 0 Å². The number of ether oxygens (including phenoxy) is 1. The lowest BCUT2D eigenvalue weighted by atomic mass is 9.99. The molecule has 1 atom stereocenters. The molecule has 2 aromatic rings. The Labute approximate surface area is 120 Å². The smallest absolute Gasteiger partial charge is 0.405 e. The van der Waals surface area contributed by atoms with Gasteiger partial charge in [-0.05, 0) is 23.6 Å². The first-order valence-corrected chi connectivity index (χ1v) is 6.52. The predicted octanol–water partition coefficient (Wildman–Crippen LogP) is 4.23. The normalized spacial score (nSPS) is 13.0. The zero-order valence-electron chi connectivity index (χ0n) is 11.4. The summed E-state index contributed by atoms with van der Waals surface area (Å²) in [5.41, 5.74) is 1.69. The Morgan fingerprint density at radius 2 is 1.67 bits per heavy atom. The lowest BCUT2D eigenvalue weighted by Crippen LogP contribution is -2.18. The van der Waals surface area contributed by atoms with E-state index in [2.05, 4.69) is 4.74 Å². The molecule has 0 spiro atoms. The molecule has 0 aromatic heterocycles. The number of aliphatic hydroxyl groups excluding tert-OH is 1. The maximum Gasteiger partial charge on any atom is 0.573 e. The Morgan fingerprint density at radius 1 is 1.05 bits per heavy atom. The first-order valence-electron chi connectivity index (χ1n) is 6.52. The second-order valence-electron chi connectivity index (χ2n) is 4.58. The lowest BCUT2D eigenvalue weighted by Gasteiger charge is -2.17. The minimum absolute atomic E-state index is 0.0825. The van der Waals surface area contributed by atoms with Gasteiger partial charge in [0.2, 0.25) is 0 Å². The van der Waals surface area contributed by atoms with Crippen molar-refractivity contribution in [2.45, 2.75) is 25.8 Å². The highest BCUT2D eigenvalue weighted by atomic mass is 19.4. The van der Waals surface area contributed by atoms with Gasteiger partial charge in [-0.3, -0.25) is 0 Å². The number of halogens is 3. The molecule has 0 aliphatic heterocycles. The van der Waals surface area contributed by atoms with E-state index in [1.165, 1.54) is 18.2 Å². The van der Waals surface area contributed by atoms with Gasteiger partial charge in [0.05, 0.1) is 0 Å². The number of rotatable bonds is 4. The van der Waals surface area contributed by atoms with Crippen LogP contribution in [0.25, 0.3) is 0 Å². The average Bonchev–Trinajstić information content (AvgIpc) is 2.45. The van der Waals surface area contributed by atoms with Crippen LogP contribution in [0, 0.1) is 0 Å². The summed E-state index contributed by atoms with van der Waals surface area (Å²) in [5, 5.41) is 10.3. The molecule has 1 N–H and O–H groups in total. The molecule has 0 saturated carbocycles. The molecule has 21 heavy (non-hydrogen) atoms. The summed E-state index contributed by atoms with van der Waals surface area (Å²) in [5.74, 6) is -0.392. The van der Waals surface area contributed by atoms with Crippen LogP contribution in [0.3, 0.4) is 0 Å². The van der Waals surface area contributed by atoms with Gasteiger partial charge in [0.15, 0.2) is 0 Å². The van der Waals surface area contributed by atoms with Crippen molar-refractivity contribution in [2.24, 2.45) is 0 Å². The molecule has 5 heteroatoms. The topological polar surface area (TPSA) is 29.5 Å². The van der Waals surface area contributed by atoms with Crippen molar-refractivity contribution in [2.75, 3.05) is 0 Å².